The van der Waals surface area contributed by atoms with Crippen molar-refractivity contribution in [3.63, 3.8) is 0 Å². The molecule has 2 aliphatic rings. The Hall–Kier alpha value is -1.62. The highest BCUT2D eigenvalue weighted by Gasteiger charge is 2.80. The molecule has 0 radical (unpaired) electrons. The first-order chi connectivity index (χ1) is 12.2. The van der Waals surface area contributed by atoms with Crippen molar-refractivity contribution < 1.29 is 9.63 Å². The molecule has 1 saturated carbocycles. The standard InChI is InChI=1S/C22H25NO2S/c1-19(2)18(24)20(3,4)22(19)25-23(5)21(26-22,16-12-8-6-9-13-16)17-14-10-7-11-15-17/h6-15H,1-5H3. The number of Topliss-reactive ketones (excluding diaryl/α,β-unsaturated/α-hetero) is 1. The van der Waals surface area contributed by atoms with Gasteiger partial charge in [0.2, 0.25) is 0 Å². The van der Waals surface area contributed by atoms with E-state index in [-0.39, 0.29) is 5.78 Å². The van der Waals surface area contributed by atoms with Crippen molar-refractivity contribution in [2.75, 3.05) is 7.05 Å². The van der Waals surface area contributed by atoms with Crippen LogP contribution in [0.3, 0.4) is 0 Å². The van der Waals surface area contributed by atoms with Crippen molar-refractivity contribution in [3.8, 4) is 0 Å². The Morgan fingerprint density at radius 1 is 0.808 bits per heavy atom. The summed E-state index contributed by atoms with van der Waals surface area (Å²) in [5, 5.41) is 1.96. The van der Waals surface area contributed by atoms with Gasteiger partial charge in [-0.2, -0.15) is 5.06 Å². The van der Waals surface area contributed by atoms with Gasteiger partial charge in [-0.25, -0.2) is 0 Å². The molecule has 2 aromatic rings. The van der Waals surface area contributed by atoms with Gasteiger partial charge in [-0.1, -0.05) is 72.4 Å². The average Bonchev–Trinajstić information content (AvgIpc) is 2.99. The maximum absolute atomic E-state index is 12.8. The fraction of sp³-hybridized carbons (Fsp3) is 0.409. The van der Waals surface area contributed by atoms with Crippen LogP contribution in [0.5, 0.6) is 0 Å². The molecule has 3 nitrogen and oxygen atoms in total. The zero-order chi connectivity index (χ0) is 18.8. The molecule has 2 fully saturated rings. The normalized spacial score (nSPS) is 25.2. The Labute approximate surface area is 159 Å². The topological polar surface area (TPSA) is 29.5 Å². The van der Waals surface area contributed by atoms with Crippen LogP contribution in [0, 0.1) is 10.8 Å². The second kappa shape index (κ2) is 5.44. The molecule has 2 aromatic carbocycles. The Morgan fingerprint density at radius 3 is 1.65 bits per heavy atom. The summed E-state index contributed by atoms with van der Waals surface area (Å²) >= 11 is 1.76. The number of benzene rings is 2. The molecule has 0 amide bonds. The number of hydroxylamine groups is 2. The molecule has 1 aliphatic carbocycles. The molecule has 26 heavy (non-hydrogen) atoms. The van der Waals surface area contributed by atoms with Crippen LogP contribution < -0.4 is 0 Å². The van der Waals surface area contributed by atoms with Gasteiger partial charge in [-0.05, 0) is 38.8 Å². The number of rotatable bonds is 2. The van der Waals surface area contributed by atoms with Crippen LogP contribution in [0.2, 0.25) is 0 Å². The van der Waals surface area contributed by atoms with Gasteiger partial charge >= 0.3 is 0 Å². The van der Waals surface area contributed by atoms with Gasteiger partial charge in [0.15, 0.2) is 10.7 Å². The third kappa shape index (κ3) is 1.90. The lowest BCUT2D eigenvalue weighted by atomic mass is 9.51. The molecule has 1 heterocycles. The minimum Gasteiger partial charge on any atom is -0.298 e. The maximum atomic E-state index is 12.8. The van der Waals surface area contributed by atoms with Gasteiger partial charge in [0, 0.05) is 7.05 Å². The number of hydrogen-bond acceptors (Lipinski definition) is 4. The molecule has 4 heteroatoms. The summed E-state index contributed by atoms with van der Waals surface area (Å²) in [6, 6.07) is 20.8. The molecular weight excluding hydrogens is 342 g/mol. The predicted molar refractivity (Wildman–Crippen MR) is 105 cm³/mol. The first kappa shape index (κ1) is 17.8. The third-order valence-electron chi connectivity index (χ3n) is 6.11. The highest BCUT2D eigenvalue weighted by atomic mass is 32.2. The molecule has 136 valence electrons. The van der Waals surface area contributed by atoms with E-state index < -0.39 is 20.6 Å². The summed E-state index contributed by atoms with van der Waals surface area (Å²) in [6.45, 7) is 8.03. The van der Waals surface area contributed by atoms with Crippen molar-refractivity contribution in [3.05, 3.63) is 71.8 Å². The molecule has 1 aliphatic heterocycles. The van der Waals surface area contributed by atoms with Crippen molar-refractivity contribution in [1.29, 1.82) is 0 Å². The van der Waals surface area contributed by atoms with Crippen LogP contribution in [0.15, 0.2) is 60.7 Å². The van der Waals surface area contributed by atoms with E-state index in [1.165, 1.54) is 0 Å². The first-order valence-electron chi connectivity index (χ1n) is 8.99. The molecule has 0 aromatic heterocycles. The molecule has 1 spiro atoms. The first-order valence-corrected chi connectivity index (χ1v) is 9.81. The summed E-state index contributed by atoms with van der Waals surface area (Å²) < 4.78 is 0. The number of ketones is 1. The summed E-state index contributed by atoms with van der Waals surface area (Å²) in [7, 11) is 1.98. The van der Waals surface area contributed by atoms with Gasteiger partial charge in [-0.15, -0.1) is 0 Å². The van der Waals surface area contributed by atoms with E-state index in [4.69, 9.17) is 4.84 Å². The number of carbonyl (C=O) groups excluding carboxylic acids is 1. The van der Waals surface area contributed by atoms with Gasteiger partial charge < -0.3 is 0 Å². The molecule has 0 unspecified atom stereocenters. The van der Waals surface area contributed by atoms with E-state index >= 15 is 0 Å². The molecule has 0 atom stereocenters. The number of carbonyl (C=O) groups is 1. The maximum Gasteiger partial charge on any atom is 0.161 e. The van der Waals surface area contributed by atoms with E-state index in [0.717, 1.165) is 11.1 Å². The van der Waals surface area contributed by atoms with Crippen LogP contribution in [0.1, 0.15) is 38.8 Å². The molecule has 4 rings (SSSR count). The Bertz CT molecular complexity index is 787. The van der Waals surface area contributed by atoms with Gasteiger partial charge in [-0.3, -0.25) is 9.63 Å². The predicted octanol–water partition coefficient (Wildman–Crippen LogP) is 4.83. The summed E-state index contributed by atoms with van der Waals surface area (Å²) in [5.41, 5.74) is 1.20. The molecular formula is C22H25NO2S. The zero-order valence-corrected chi connectivity index (χ0v) is 16.8. The number of nitrogens with zero attached hydrogens (tertiary/aromatic N) is 1. The van der Waals surface area contributed by atoms with Crippen LogP contribution in [0.4, 0.5) is 0 Å². The molecule has 0 N–H and O–H groups in total. The largest absolute Gasteiger partial charge is 0.298 e. The van der Waals surface area contributed by atoms with Crippen LogP contribution in [-0.4, -0.2) is 22.8 Å². The molecule has 0 bridgehead atoms. The van der Waals surface area contributed by atoms with Crippen molar-refractivity contribution in [2.24, 2.45) is 10.8 Å². The van der Waals surface area contributed by atoms with Gasteiger partial charge in [0.1, 0.15) is 4.87 Å². The summed E-state index contributed by atoms with van der Waals surface area (Å²) in [4.78, 5) is 18.3. The third-order valence-corrected chi connectivity index (χ3v) is 8.52. The van der Waals surface area contributed by atoms with Crippen LogP contribution in [0.25, 0.3) is 0 Å². The lowest BCUT2D eigenvalue weighted by molar-refractivity contribution is -0.283. The second-order valence-electron chi connectivity index (χ2n) is 8.26. The van der Waals surface area contributed by atoms with Crippen molar-refractivity contribution in [1.82, 2.24) is 5.06 Å². The smallest absolute Gasteiger partial charge is 0.161 e. The van der Waals surface area contributed by atoms with Crippen LogP contribution >= 0.6 is 11.8 Å². The number of hydrogen-bond donors (Lipinski definition) is 0. The lowest BCUT2D eigenvalue weighted by Gasteiger charge is -2.61. The minimum atomic E-state index is -0.614. The highest BCUT2D eigenvalue weighted by Crippen LogP contribution is 2.74. The van der Waals surface area contributed by atoms with Gasteiger partial charge in [0.05, 0.1) is 10.8 Å². The minimum absolute atomic E-state index is 0.253. The van der Waals surface area contributed by atoms with E-state index in [1.807, 2.05) is 51.9 Å². The summed E-state index contributed by atoms with van der Waals surface area (Å²) in [6.07, 6.45) is 0. The average molecular weight is 368 g/mol. The van der Waals surface area contributed by atoms with E-state index in [1.54, 1.807) is 11.8 Å². The Balaban J connectivity index is 1.94. The number of thioether (sulfide) groups is 1. The van der Waals surface area contributed by atoms with Crippen molar-refractivity contribution in [2.45, 2.75) is 37.5 Å². The van der Waals surface area contributed by atoms with E-state index in [9.17, 15) is 4.79 Å². The quantitative estimate of drug-likeness (QED) is 0.760. The molecule has 1 saturated heterocycles. The van der Waals surface area contributed by atoms with E-state index in [2.05, 4.69) is 48.5 Å². The lowest BCUT2D eigenvalue weighted by Crippen LogP contribution is -2.72. The Kier molecular flexibility index (Phi) is 3.72. The van der Waals surface area contributed by atoms with Crippen molar-refractivity contribution >= 4 is 17.5 Å². The second-order valence-corrected chi connectivity index (χ2v) is 9.63. The monoisotopic (exact) mass is 367 g/mol. The SMILES string of the molecule is CN1OC2(SC1(c1ccccc1)c1ccccc1)C(C)(C)C(=O)C2(C)C. The van der Waals surface area contributed by atoms with Crippen LogP contribution in [-0.2, 0) is 14.5 Å². The van der Waals surface area contributed by atoms with Gasteiger partial charge in [0.25, 0.3) is 0 Å². The van der Waals surface area contributed by atoms with E-state index in [0.29, 0.717) is 0 Å². The highest BCUT2D eigenvalue weighted by molar-refractivity contribution is 8.02. The zero-order valence-electron chi connectivity index (χ0n) is 15.9. The fourth-order valence-corrected chi connectivity index (χ4v) is 6.74. The Morgan fingerprint density at radius 2 is 1.23 bits per heavy atom. The fourth-order valence-electron chi connectivity index (χ4n) is 4.81. The summed E-state index contributed by atoms with van der Waals surface area (Å²) in [5.74, 6) is 0.253.